The molecule has 0 spiro atoms. The van der Waals surface area contributed by atoms with Gasteiger partial charge in [-0.15, -0.1) is 11.3 Å². The van der Waals surface area contributed by atoms with Gasteiger partial charge in [0.05, 0.1) is 5.39 Å². The van der Waals surface area contributed by atoms with Gasteiger partial charge in [0.15, 0.2) is 0 Å². The van der Waals surface area contributed by atoms with Crippen molar-refractivity contribution in [1.82, 2.24) is 19.8 Å². The molecule has 0 unspecified atom stereocenters. The highest BCUT2D eigenvalue weighted by Gasteiger charge is 2.33. The van der Waals surface area contributed by atoms with Gasteiger partial charge in [-0.05, 0) is 70.8 Å². The Morgan fingerprint density at radius 3 is 2.54 bits per heavy atom. The summed E-state index contributed by atoms with van der Waals surface area (Å²) in [5.74, 6) is 0.958. The minimum Gasteiger partial charge on any atom is -0.474 e. The van der Waals surface area contributed by atoms with Crippen LogP contribution in [0.4, 0.5) is 4.79 Å². The third-order valence-corrected chi connectivity index (χ3v) is 8.65. The second-order valence-corrected chi connectivity index (χ2v) is 12.1. The summed E-state index contributed by atoms with van der Waals surface area (Å²) >= 11 is 1.73. The quantitative estimate of drug-likeness (QED) is 0.557. The van der Waals surface area contributed by atoms with E-state index in [1.165, 1.54) is 10.4 Å². The van der Waals surface area contributed by atoms with Crippen LogP contribution in [0.15, 0.2) is 6.33 Å². The van der Waals surface area contributed by atoms with Crippen LogP contribution < -0.4 is 4.74 Å². The van der Waals surface area contributed by atoms with Gasteiger partial charge >= 0.3 is 6.09 Å². The lowest BCUT2D eigenvalue weighted by Gasteiger charge is -2.42. The molecule has 9 heteroatoms. The molecule has 1 saturated heterocycles. The number of aromatic nitrogens is 2. The van der Waals surface area contributed by atoms with Gasteiger partial charge in [-0.3, -0.25) is 4.90 Å². The standard InChI is InChI=1S/C26H36N4O4S/c1-26(2,3)34-25(32)30-13-11-29(12-14-30)18-5-7-19(8-6-18)33-23-22-21-17(10-15-31)4-9-20(21)35-24(22)28-16-27-23/h15-19H,4-14H2,1-3H3/t17-,18?,19?/m1/s1. The number of hydrogen-bond acceptors (Lipinski definition) is 8. The SMILES string of the molecule is CC(C)(C)OC(=O)N1CCN(C2CCC(Oc3ncnc4sc5c(c34)[C@@H](CC=O)CC5)CC2)CC1. The Morgan fingerprint density at radius 1 is 1.11 bits per heavy atom. The second-order valence-electron chi connectivity index (χ2n) is 11.0. The van der Waals surface area contributed by atoms with Crippen molar-refractivity contribution >= 4 is 33.9 Å². The average molecular weight is 501 g/mol. The number of piperazine rings is 1. The number of carbonyl (C=O) groups is 2. The molecule has 8 nitrogen and oxygen atoms in total. The van der Waals surface area contributed by atoms with Crippen LogP contribution in [0, 0.1) is 0 Å². The van der Waals surface area contributed by atoms with Crippen molar-refractivity contribution in [2.24, 2.45) is 0 Å². The highest BCUT2D eigenvalue weighted by molar-refractivity contribution is 7.19. The average Bonchev–Trinajstić information content (AvgIpc) is 3.39. The lowest BCUT2D eigenvalue weighted by Crippen LogP contribution is -2.53. The van der Waals surface area contributed by atoms with Gasteiger partial charge in [-0.2, -0.15) is 0 Å². The van der Waals surface area contributed by atoms with E-state index < -0.39 is 5.60 Å². The van der Waals surface area contributed by atoms with E-state index in [4.69, 9.17) is 9.47 Å². The van der Waals surface area contributed by atoms with Crippen LogP contribution in [-0.2, 0) is 16.0 Å². The number of carbonyl (C=O) groups excluding carboxylic acids is 2. The monoisotopic (exact) mass is 500 g/mol. The molecule has 0 N–H and O–H groups in total. The van der Waals surface area contributed by atoms with Gasteiger partial charge < -0.3 is 19.2 Å². The van der Waals surface area contributed by atoms with Gasteiger partial charge in [-0.1, -0.05) is 0 Å². The number of aryl methyl sites for hydroxylation is 1. The van der Waals surface area contributed by atoms with Crippen LogP contribution >= 0.6 is 11.3 Å². The number of aldehydes is 1. The Bertz CT molecular complexity index is 1070. The topological polar surface area (TPSA) is 84.9 Å². The Labute approximate surface area is 211 Å². The molecule has 1 aliphatic heterocycles. The molecule has 190 valence electrons. The first-order valence-corrected chi connectivity index (χ1v) is 13.7. The van der Waals surface area contributed by atoms with E-state index in [9.17, 15) is 9.59 Å². The normalized spacial score (nSPS) is 25.5. The van der Waals surface area contributed by atoms with Gasteiger partial charge in [0.25, 0.3) is 0 Å². The molecule has 0 radical (unpaired) electrons. The third kappa shape index (κ3) is 5.31. The van der Waals surface area contributed by atoms with E-state index in [0.717, 1.165) is 81.2 Å². The van der Waals surface area contributed by atoms with Crippen molar-refractivity contribution in [3.63, 3.8) is 0 Å². The minimum absolute atomic E-state index is 0.147. The molecule has 2 aromatic rings. The van der Waals surface area contributed by atoms with Crippen molar-refractivity contribution in [2.75, 3.05) is 26.2 Å². The maximum atomic E-state index is 12.4. The van der Waals surface area contributed by atoms with Crippen LogP contribution in [0.2, 0.25) is 0 Å². The third-order valence-electron chi connectivity index (χ3n) is 7.48. The molecule has 2 aliphatic carbocycles. The predicted molar refractivity (Wildman–Crippen MR) is 135 cm³/mol. The highest BCUT2D eigenvalue weighted by atomic mass is 32.1. The van der Waals surface area contributed by atoms with Gasteiger partial charge in [0.2, 0.25) is 5.88 Å². The van der Waals surface area contributed by atoms with E-state index in [1.54, 1.807) is 17.7 Å². The number of nitrogens with zero attached hydrogens (tertiary/aromatic N) is 4. The fourth-order valence-electron chi connectivity index (χ4n) is 5.76. The fraction of sp³-hybridized carbons (Fsp3) is 0.692. The maximum absolute atomic E-state index is 12.4. The summed E-state index contributed by atoms with van der Waals surface area (Å²) in [5, 5.41) is 1.04. The largest absolute Gasteiger partial charge is 0.474 e. The highest BCUT2D eigenvalue weighted by Crippen LogP contribution is 2.47. The molecule has 3 heterocycles. The molecule has 35 heavy (non-hydrogen) atoms. The second kappa shape index (κ2) is 10.0. The zero-order valence-corrected chi connectivity index (χ0v) is 21.8. The molecular weight excluding hydrogens is 464 g/mol. The molecule has 1 saturated carbocycles. The summed E-state index contributed by atoms with van der Waals surface area (Å²) in [7, 11) is 0. The maximum Gasteiger partial charge on any atom is 0.410 e. The number of rotatable bonds is 5. The van der Waals surface area contributed by atoms with Gasteiger partial charge in [-0.25, -0.2) is 14.8 Å². The Kier molecular flexibility index (Phi) is 6.99. The van der Waals surface area contributed by atoms with Crippen molar-refractivity contribution in [3.8, 4) is 5.88 Å². The van der Waals surface area contributed by atoms with E-state index in [1.807, 2.05) is 25.7 Å². The summed E-state index contributed by atoms with van der Waals surface area (Å²) < 4.78 is 12.0. The fourth-order valence-corrected chi connectivity index (χ4v) is 6.99. The number of thiophene rings is 1. The zero-order chi connectivity index (χ0) is 24.6. The predicted octanol–water partition coefficient (Wildman–Crippen LogP) is 4.55. The van der Waals surface area contributed by atoms with E-state index in [2.05, 4.69) is 14.9 Å². The summed E-state index contributed by atoms with van der Waals surface area (Å²) in [4.78, 5) is 39.3. The first-order valence-electron chi connectivity index (χ1n) is 12.9. The van der Waals surface area contributed by atoms with E-state index >= 15 is 0 Å². The molecule has 1 amide bonds. The lowest BCUT2D eigenvalue weighted by atomic mass is 9.91. The summed E-state index contributed by atoms with van der Waals surface area (Å²) in [6.45, 7) is 8.93. The van der Waals surface area contributed by atoms with Crippen LogP contribution in [0.25, 0.3) is 10.2 Å². The molecule has 2 aromatic heterocycles. The summed E-state index contributed by atoms with van der Waals surface area (Å²) in [6.07, 6.45) is 9.32. The number of fused-ring (bicyclic) bond motifs is 3. The van der Waals surface area contributed by atoms with Gasteiger partial charge in [0.1, 0.15) is 29.1 Å². The molecule has 2 fully saturated rings. The van der Waals surface area contributed by atoms with Crippen LogP contribution in [0.1, 0.15) is 75.7 Å². The molecule has 0 bridgehead atoms. The summed E-state index contributed by atoms with van der Waals surface area (Å²) in [6, 6.07) is 0.531. The van der Waals surface area contributed by atoms with Crippen LogP contribution in [-0.4, -0.2) is 76.1 Å². The van der Waals surface area contributed by atoms with E-state index in [-0.39, 0.29) is 18.1 Å². The Morgan fingerprint density at radius 2 is 1.86 bits per heavy atom. The number of hydrogen-bond donors (Lipinski definition) is 0. The summed E-state index contributed by atoms with van der Waals surface area (Å²) in [5.41, 5.74) is 0.796. The molecule has 0 aromatic carbocycles. The number of ether oxygens (including phenoxy) is 2. The van der Waals surface area contributed by atoms with Crippen LogP contribution in [0.3, 0.4) is 0 Å². The van der Waals surface area contributed by atoms with Crippen molar-refractivity contribution < 1.29 is 19.1 Å². The molecule has 3 aliphatic rings. The molecule has 1 atom stereocenters. The molecule has 5 rings (SSSR count). The smallest absolute Gasteiger partial charge is 0.410 e. The lowest BCUT2D eigenvalue weighted by molar-refractivity contribution is -0.108. The van der Waals surface area contributed by atoms with Crippen molar-refractivity contribution in [1.29, 1.82) is 0 Å². The van der Waals surface area contributed by atoms with Gasteiger partial charge in [0, 0.05) is 43.5 Å². The Balaban J connectivity index is 1.17. The molecular formula is C26H36N4O4S. The number of amides is 1. The van der Waals surface area contributed by atoms with Crippen LogP contribution in [0.5, 0.6) is 5.88 Å². The minimum atomic E-state index is -0.458. The zero-order valence-electron chi connectivity index (χ0n) is 21.0. The first-order chi connectivity index (χ1) is 16.8. The Hall–Kier alpha value is -2.26. The van der Waals surface area contributed by atoms with Crippen molar-refractivity contribution in [3.05, 3.63) is 16.8 Å². The van der Waals surface area contributed by atoms with E-state index in [0.29, 0.717) is 18.3 Å². The van der Waals surface area contributed by atoms with Crippen molar-refractivity contribution in [2.45, 2.75) is 89.4 Å². The first kappa shape index (κ1) is 24.4.